The molecule has 3 unspecified atom stereocenters. The maximum absolute atomic E-state index is 12.8. The van der Waals surface area contributed by atoms with Gasteiger partial charge in [-0.3, -0.25) is 19.3 Å². The lowest BCUT2D eigenvalue weighted by Crippen LogP contribution is -2.33. The standard InChI is InChI=1S/C18H21N3O3S/c19-15-5-4-13-8-20(9-14(13)15)17(23)12-3-1-2-11(6-12)7-21-16(22)10-25-18(21)24/h1-3,6,13-15H,4-5,7-10,19H2. The minimum atomic E-state index is -0.219. The number of nitrogens with two attached hydrogens (primary N) is 1. The highest BCUT2D eigenvalue weighted by Gasteiger charge is 2.42. The minimum Gasteiger partial charge on any atom is -0.338 e. The zero-order valence-electron chi connectivity index (χ0n) is 13.9. The predicted molar refractivity (Wildman–Crippen MR) is 94.9 cm³/mol. The van der Waals surface area contributed by atoms with Crippen LogP contribution in [0.2, 0.25) is 0 Å². The van der Waals surface area contributed by atoms with Crippen LogP contribution >= 0.6 is 11.8 Å². The number of hydrogen-bond acceptors (Lipinski definition) is 5. The molecule has 1 aliphatic carbocycles. The molecule has 0 radical (unpaired) electrons. The Balaban J connectivity index is 1.47. The van der Waals surface area contributed by atoms with Gasteiger partial charge >= 0.3 is 0 Å². The van der Waals surface area contributed by atoms with Gasteiger partial charge in [-0.25, -0.2) is 0 Å². The molecule has 25 heavy (non-hydrogen) atoms. The first-order valence-electron chi connectivity index (χ1n) is 8.64. The van der Waals surface area contributed by atoms with Crippen LogP contribution < -0.4 is 5.73 Å². The fraction of sp³-hybridized carbons (Fsp3) is 0.500. The lowest BCUT2D eigenvalue weighted by molar-refractivity contribution is -0.125. The second kappa shape index (κ2) is 6.46. The van der Waals surface area contributed by atoms with Gasteiger partial charge in [-0.1, -0.05) is 23.9 Å². The Morgan fingerprint density at radius 2 is 2.08 bits per heavy atom. The topological polar surface area (TPSA) is 83.7 Å². The van der Waals surface area contributed by atoms with E-state index in [1.165, 1.54) is 4.90 Å². The van der Waals surface area contributed by atoms with E-state index in [1.54, 1.807) is 12.1 Å². The second-order valence-electron chi connectivity index (χ2n) is 7.11. The fourth-order valence-electron chi connectivity index (χ4n) is 4.18. The maximum Gasteiger partial charge on any atom is 0.289 e. The molecule has 7 heteroatoms. The molecule has 2 saturated heterocycles. The van der Waals surface area contributed by atoms with Crippen LogP contribution in [0.25, 0.3) is 0 Å². The van der Waals surface area contributed by atoms with Gasteiger partial charge in [-0.15, -0.1) is 0 Å². The molecule has 132 valence electrons. The lowest BCUT2D eigenvalue weighted by Gasteiger charge is -2.19. The molecule has 1 aromatic rings. The van der Waals surface area contributed by atoms with Crippen molar-refractivity contribution in [2.75, 3.05) is 18.8 Å². The minimum absolute atomic E-state index is 0.0110. The first-order valence-corrected chi connectivity index (χ1v) is 9.62. The predicted octanol–water partition coefficient (Wildman–Crippen LogP) is 1.69. The van der Waals surface area contributed by atoms with Crippen molar-refractivity contribution in [2.45, 2.75) is 25.4 Å². The van der Waals surface area contributed by atoms with Crippen LogP contribution in [-0.4, -0.2) is 51.7 Å². The lowest BCUT2D eigenvalue weighted by atomic mass is 9.98. The van der Waals surface area contributed by atoms with Crippen LogP contribution in [0.1, 0.15) is 28.8 Å². The maximum atomic E-state index is 12.8. The van der Waals surface area contributed by atoms with Crippen molar-refractivity contribution < 1.29 is 14.4 Å². The summed E-state index contributed by atoms with van der Waals surface area (Å²) in [6, 6.07) is 7.44. The van der Waals surface area contributed by atoms with Crippen LogP contribution in [0.4, 0.5) is 4.79 Å². The zero-order chi connectivity index (χ0) is 17.6. The van der Waals surface area contributed by atoms with Crippen molar-refractivity contribution in [1.29, 1.82) is 0 Å². The van der Waals surface area contributed by atoms with Crippen LogP contribution in [-0.2, 0) is 11.3 Å². The monoisotopic (exact) mass is 359 g/mol. The van der Waals surface area contributed by atoms with E-state index in [2.05, 4.69) is 0 Å². The average Bonchev–Trinajstić information content (AvgIpc) is 3.27. The second-order valence-corrected chi connectivity index (χ2v) is 8.04. The number of carbonyl (C=O) groups excluding carboxylic acids is 3. The van der Waals surface area contributed by atoms with Crippen molar-refractivity contribution in [3.8, 4) is 0 Å². The zero-order valence-corrected chi connectivity index (χ0v) is 14.7. The number of benzene rings is 1. The molecule has 0 aromatic heterocycles. The molecule has 4 rings (SSSR count). The summed E-state index contributed by atoms with van der Waals surface area (Å²) in [5.74, 6) is 0.988. The van der Waals surface area contributed by atoms with Crippen LogP contribution in [0.15, 0.2) is 24.3 Å². The summed E-state index contributed by atoms with van der Waals surface area (Å²) in [4.78, 5) is 39.5. The van der Waals surface area contributed by atoms with E-state index in [4.69, 9.17) is 5.73 Å². The van der Waals surface area contributed by atoms with Gasteiger partial charge in [0.1, 0.15) is 0 Å². The van der Waals surface area contributed by atoms with Gasteiger partial charge < -0.3 is 10.6 Å². The molecule has 0 spiro atoms. The molecule has 3 amide bonds. The highest BCUT2D eigenvalue weighted by Crippen LogP contribution is 2.37. The Kier molecular flexibility index (Phi) is 4.29. The van der Waals surface area contributed by atoms with Gasteiger partial charge in [-0.05, 0) is 42.4 Å². The third-order valence-corrected chi connectivity index (χ3v) is 6.41. The summed E-state index contributed by atoms with van der Waals surface area (Å²) in [7, 11) is 0. The van der Waals surface area contributed by atoms with Gasteiger partial charge in [0.15, 0.2) is 0 Å². The van der Waals surface area contributed by atoms with Crippen molar-refractivity contribution in [3.05, 3.63) is 35.4 Å². The smallest absolute Gasteiger partial charge is 0.289 e. The number of rotatable bonds is 3. The number of thioether (sulfide) groups is 1. The molecule has 3 atom stereocenters. The third kappa shape index (κ3) is 3.06. The molecule has 6 nitrogen and oxygen atoms in total. The van der Waals surface area contributed by atoms with Gasteiger partial charge in [0, 0.05) is 24.7 Å². The molecule has 2 N–H and O–H groups in total. The highest BCUT2D eigenvalue weighted by molar-refractivity contribution is 8.14. The summed E-state index contributed by atoms with van der Waals surface area (Å²) >= 11 is 1.02. The Morgan fingerprint density at radius 3 is 2.80 bits per heavy atom. The van der Waals surface area contributed by atoms with E-state index in [0.717, 1.165) is 43.3 Å². The Labute approximate surface area is 150 Å². The number of amides is 3. The molecule has 1 aromatic carbocycles. The summed E-state index contributed by atoms with van der Waals surface area (Å²) < 4.78 is 0. The van der Waals surface area contributed by atoms with Gasteiger partial charge in [0.25, 0.3) is 11.1 Å². The summed E-state index contributed by atoms with van der Waals surface area (Å²) in [5, 5.41) is -0.219. The number of fused-ring (bicyclic) bond motifs is 1. The van der Waals surface area contributed by atoms with E-state index in [-0.39, 0.29) is 35.4 Å². The van der Waals surface area contributed by atoms with Crippen molar-refractivity contribution in [1.82, 2.24) is 9.80 Å². The average molecular weight is 359 g/mol. The van der Waals surface area contributed by atoms with E-state index >= 15 is 0 Å². The Morgan fingerprint density at radius 1 is 1.24 bits per heavy atom. The van der Waals surface area contributed by atoms with Crippen molar-refractivity contribution >= 4 is 28.8 Å². The summed E-state index contributed by atoms with van der Waals surface area (Å²) in [5.41, 5.74) is 7.56. The van der Waals surface area contributed by atoms with Crippen LogP contribution in [0.3, 0.4) is 0 Å². The van der Waals surface area contributed by atoms with Crippen molar-refractivity contribution in [2.24, 2.45) is 17.6 Å². The number of carbonyl (C=O) groups is 3. The van der Waals surface area contributed by atoms with Gasteiger partial charge in [-0.2, -0.15) is 0 Å². The Bertz CT molecular complexity index is 722. The normalized spacial score (nSPS) is 28.8. The number of nitrogens with zero attached hydrogens (tertiary/aromatic N) is 2. The molecule has 3 aliphatic rings. The summed E-state index contributed by atoms with van der Waals surface area (Å²) in [6.45, 7) is 1.73. The van der Waals surface area contributed by atoms with Gasteiger partial charge in [0.05, 0.1) is 12.3 Å². The quantitative estimate of drug-likeness (QED) is 0.888. The molecular weight excluding hydrogens is 338 g/mol. The molecular formula is C18H21N3O3S. The number of hydrogen-bond donors (Lipinski definition) is 1. The number of imide groups is 1. The van der Waals surface area contributed by atoms with Crippen molar-refractivity contribution in [3.63, 3.8) is 0 Å². The first kappa shape index (κ1) is 16.6. The molecule has 3 fully saturated rings. The molecule has 2 heterocycles. The molecule has 1 saturated carbocycles. The van der Waals surface area contributed by atoms with E-state index < -0.39 is 0 Å². The van der Waals surface area contributed by atoms with E-state index in [9.17, 15) is 14.4 Å². The fourth-order valence-corrected chi connectivity index (χ4v) is 4.90. The van der Waals surface area contributed by atoms with E-state index in [0.29, 0.717) is 17.4 Å². The largest absolute Gasteiger partial charge is 0.338 e. The molecule has 2 aliphatic heterocycles. The Hall–Kier alpha value is -1.86. The van der Waals surface area contributed by atoms with Crippen LogP contribution in [0, 0.1) is 11.8 Å². The molecule has 0 bridgehead atoms. The van der Waals surface area contributed by atoms with Crippen LogP contribution in [0.5, 0.6) is 0 Å². The first-order chi connectivity index (χ1) is 12.0. The van der Waals surface area contributed by atoms with E-state index in [1.807, 2.05) is 17.0 Å². The SMILES string of the molecule is NC1CCC2CN(C(=O)c3cccc(CN4C(=O)CSC4=O)c3)CC12. The van der Waals surface area contributed by atoms with Gasteiger partial charge in [0.2, 0.25) is 5.91 Å². The number of likely N-dealkylation sites (tertiary alicyclic amines) is 1. The third-order valence-electron chi connectivity index (χ3n) is 5.55. The summed E-state index contributed by atoms with van der Waals surface area (Å²) in [6.07, 6.45) is 2.16. The highest BCUT2D eigenvalue weighted by atomic mass is 32.2.